The van der Waals surface area contributed by atoms with Crippen LogP contribution in [0.1, 0.15) is 31.2 Å². The normalized spacial score (nSPS) is 23.6. The second-order valence-corrected chi connectivity index (χ2v) is 6.36. The second kappa shape index (κ2) is 6.06. The van der Waals surface area contributed by atoms with Crippen molar-refractivity contribution in [2.75, 3.05) is 14.1 Å². The molecule has 1 aliphatic rings. The van der Waals surface area contributed by atoms with Crippen LogP contribution < -0.4 is 5.32 Å². The third kappa shape index (κ3) is 3.37. The Hall–Kier alpha value is -0.870. The maximum Gasteiger partial charge on any atom is 0.238 e. The molecule has 0 radical (unpaired) electrons. The molecule has 19 heavy (non-hydrogen) atoms. The van der Waals surface area contributed by atoms with Gasteiger partial charge in [-0.15, -0.1) is 0 Å². The SMILES string of the molecule is CC(NC1CC(c2ccccc2Br)C1)C(=O)N(C)C. The zero-order valence-electron chi connectivity index (χ0n) is 11.7. The van der Waals surface area contributed by atoms with E-state index in [0.717, 1.165) is 12.8 Å². The molecule has 2 rings (SSSR count). The van der Waals surface area contributed by atoms with E-state index in [1.54, 1.807) is 19.0 Å². The summed E-state index contributed by atoms with van der Waals surface area (Å²) in [5.74, 6) is 0.749. The molecule has 1 aliphatic carbocycles. The molecule has 1 fully saturated rings. The summed E-state index contributed by atoms with van der Waals surface area (Å²) >= 11 is 3.60. The monoisotopic (exact) mass is 324 g/mol. The molecule has 104 valence electrons. The third-order valence-corrected chi connectivity index (χ3v) is 4.50. The van der Waals surface area contributed by atoms with Crippen molar-refractivity contribution in [1.82, 2.24) is 10.2 Å². The van der Waals surface area contributed by atoms with E-state index in [2.05, 4.69) is 39.4 Å². The van der Waals surface area contributed by atoms with E-state index in [-0.39, 0.29) is 11.9 Å². The van der Waals surface area contributed by atoms with Crippen molar-refractivity contribution in [1.29, 1.82) is 0 Å². The summed E-state index contributed by atoms with van der Waals surface area (Å²) in [4.78, 5) is 13.4. The first-order valence-electron chi connectivity index (χ1n) is 6.70. The lowest BCUT2D eigenvalue weighted by atomic mass is 9.75. The predicted molar refractivity (Wildman–Crippen MR) is 81.2 cm³/mol. The van der Waals surface area contributed by atoms with Crippen LogP contribution in [0.15, 0.2) is 28.7 Å². The standard InChI is InChI=1S/C15H21BrN2O/c1-10(15(19)18(2)3)17-12-8-11(9-12)13-6-4-5-7-14(13)16/h4-7,10-12,17H,8-9H2,1-3H3. The van der Waals surface area contributed by atoms with Gasteiger partial charge in [0.25, 0.3) is 0 Å². The van der Waals surface area contributed by atoms with Crippen LogP contribution in [0.3, 0.4) is 0 Å². The van der Waals surface area contributed by atoms with Crippen LogP contribution in [0.5, 0.6) is 0 Å². The molecule has 1 atom stereocenters. The van der Waals surface area contributed by atoms with Gasteiger partial charge in [0.1, 0.15) is 0 Å². The first kappa shape index (κ1) is 14.5. The van der Waals surface area contributed by atoms with E-state index in [1.807, 2.05) is 13.0 Å². The molecule has 0 aromatic heterocycles. The Bertz CT molecular complexity index is 455. The van der Waals surface area contributed by atoms with Gasteiger partial charge < -0.3 is 10.2 Å². The number of amides is 1. The van der Waals surface area contributed by atoms with Crippen LogP contribution in [-0.2, 0) is 4.79 Å². The summed E-state index contributed by atoms with van der Waals surface area (Å²) in [6.07, 6.45) is 2.21. The average molecular weight is 325 g/mol. The van der Waals surface area contributed by atoms with E-state index in [9.17, 15) is 4.79 Å². The third-order valence-electron chi connectivity index (χ3n) is 3.78. The van der Waals surface area contributed by atoms with Crippen molar-refractivity contribution in [3.8, 4) is 0 Å². The van der Waals surface area contributed by atoms with Crippen LogP contribution in [0, 0.1) is 0 Å². The number of nitrogens with one attached hydrogen (secondary N) is 1. The maximum atomic E-state index is 11.8. The van der Waals surface area contributed by atoms with E-state index in [0.29, 0.717) is 12.0 Å². The van der Waals surface area contributed by atoms with Gasteiger partial charge in [-0.05, 0) is 37.3 Å². The molecule has 1 saturated carbocycles. The molecule has 4 heteroatoms. The second-order valence-electron chi connectivity index (χ2n) is 5.51. The zero-order chi connectivity index (χ0) is 14.0. The summed E-state index contributed by atoms with van der Waals surface area (Å²) < 4.78 is 1.19. The minimum absolute atomic E-state index is 0.0971. The highest BCUT2D eigenvalue weighted by molar-refractivity contribution is 9.10. The molecule has 1 aromatic rings. The fraction of sp³-hybridized carbons (Fsp3) is 0.533. The fourth-order valence-electron chi connectivity index (χ4n) is 2.63. The number of halogens is 1. The number of rotatable bonds is 4. The Kier molecular flexibility index (Phi) is 4.63. The van der Waals surface area contributed by atoms with Crippen molar-refractivity contribution in [3.63, 3.8) is 0 Å². The topological polar surface area (TPSA) is 32.3 Å². The van der Waals surface area contributed by atoms with Gasteiger partial charge in [0.15, 0.2) is 0 Å². The first-order chi connectivity index (χ1) is 8.99. The Balaban J connectivity index is 1.84. The summed E-state index contributed by atoms with van der Waals surface area (Å²) in [7, 11) is 3.59. The molecule has 0 saturated heterocycles. The van der Waals surface area contributed by atoms with Crippen LogP contribution in [0.25, 0.3) is 0 Å². The zero-order valence-corrected chi connectivity index (χ0v) is 13.3. The first-order valence-corrected chi connectivity index (χ1v) is 7.50. The Morgan fingerprint density at radius 3 is 2.58 bits per heavy atom. The van der Waals surface area contributed by atoms with Crippen molar-refractivity contribution >= 4 is 21.8 Å². The quantitative estimate of drug-likeness (QED) is 0.923. The molecular weight excluding hydrogens is 304 g/mol. The minimum atomic E-state index is -0.0971. The molecule has 1 N–H and O–H groups in total. The van der Waals surface area contributed by atoms with E-state index in [4.69, 9.17) is 0 Å². The van der Waals surface area contributed by atoms with Gasteiger partial charge in [0.2, 0.25) is 5.91 Å². The number of carbonyl (C=O) groups excluding carboxylic acids is 1. The van der Waals surface area contributed by atoms with Crippen LogP contribution >= 0.6 is 15.9 Å². The summed E-state index contributed by atoms with van der Waals surface area (Å²) in [6.45, 7) is 1.94. The predicted octanol–water partition coefficient (Wildman–Crippen LogP) is 2.76. The molecule has 1 amide bonds. The van der Waals surface area contributed by atoms with Crippen LogP contribution in [0.4, 0.5) is 0 Å². The molecular formula is C15H21BrN2O. The summed E-state index contributed by atoms with van der Waals surface area (Å²) in [5, 5.41) is 3.41. The maximum absolute atomic E-state index is 11.8. The number of benzene rings is 1. The van der Waals surface area contributed by atoms with Gasteiger partial charge in [-0.25, -0.2) is 0 Å². The molecule has 0 spiro atoms. The Morgan fingerprint density at radius 2 is 2.00 bits per heavy atom. The van der Waals surface area contributed by atoms with E-state index < -0.39 is 0 Å². The van der Waals surface area contributed by atoms with Crippen molar-refractivity contribution in [3.05, 3.63) is 34.3 Å². The lowest BCUT2D eigenvalue weighted by molar-refractivity contribution is -0.130. The molecule has 0 heterocycles. The summed E-state index contributed by atoms with van der Waals surface area (Å²) in [5.41, 5.74) is 1.38. The van der Waals surface area contributed by atoms with Crippen molar-refractivity contribution in [2.45, 2.75) is 37.8 Å². The Morgan fingerprint density at radius 1 is 1.37 bits per heavy atom. The largest absolute Gasteiger partial charge is 0.347 e. The Labute approximate surface area is 123 Å². The molecule has 3 nitrogen and oxygen atoms in total. The number of likely N-dealkylation sites (N-methyl/N-ethyl adjacent to an activating group) is 1. The van der Waals surface area contributed by atoms with E-state index >= 15 is 0 Å². The lowest BCUT2D eigenvalue weighted by Gasteiger charge is -2.38. The van der Waals surface area contributed by atoms with Crippen LogP contribution in [-0.4, -0.2) is 37.0 Å². The van der Waals surface area contributed by atoms with Crippen molar-refractivity contribution < 1.29 is 4.79 Å². The van der Waals surface area contributed by atoms with Gasteiger partial charge in [-0.3, -0.25) is 4.79 Å². The average Bonchev–Trinajstić information content (AvgIpc) is 2.33. The molecule has 0 aliphatic heterocycles. The van der Waals surface area contributed by atoms with Crippen molar-refractivity contribution in [2.24, 2.45) is 0 Å². The lowest BCUT2D eigenvalue weighted by Crippen LogP contribution is -2.50. The number of nitrogens with zero attached hydrogens (tertiary/aromatic N) is 1. The number of hydrogen-bond acceptors (Lipinski definition) is 2. The molecule has 0 bridgehead atoms. The van der Waals surface area contributed by atoms with Gasteiger partial charge in [0, 0.05) is 24.6 Å². The molecule has 1 unspecified atom stereocenters. The van der Waals surface area contributed by atoms with Gasteiger partial charge in [-0.1, -0.05) is 34.1 Å². The highest BCUT2D eigenvalue weighted by Crippen LogP contribution is 2.40. The van der Waals surface area contributed by atoms with Gasteiger partial charge >= 0.3 is 0 Å². The number of hydrogen-bond donors (Lipinski definition) is 1. The van der Waals surface area contributed by atoms with Gasteiger partial charge in [-0.2, -0.15) is 0 Å². The number of carbonyl (C=O) groups is 1. The highest BCUT2D eigenvalue weighted by Gasteiger charge is 2.33. The molecule has 1 aromatic carbocycles. The highest BCUT2D eigenvalue weighted by atomic mass is 79.9. The minimum Gasteiger partial charge on any atom is -0.347 e. The summed E-state index contributed by atoms with van der Waals surface area (Å²) in [6, 6.07) is 8.75. The van der Waals surface area contributed by atoms with Gasteiger partial charge in [0.05, 0.1) is 6.04 Å². The fourth-order valence-corrected chi connectivity index (χ4v) is 3.23. The van der Waals surface area contributed by atoms with E-state index in [1.165, 1.54) is 10.0 Å². The smallest absolute Gasteiger partial charge is 0.238 e. The van der Waals surface area contributed by atoms with Crippen LogP contribution in [0.2, 0.25) is 0 Å².